The molecular weight excluding hydrogens is 497 g/mol. The number of hydrogen-bond acceptors (Lipinski definition) is 3. The van der Waals surface area contributed by atoms with Gasteiger partial charge < -0.3 is 4.42 Å². The molecule has 8 aromatic rings. The zero-order chi connectivity index (χ0) is 26.6. The summed E-state index contributed by atoms with van der Waals surface area (Å²) in [7, 11) is 0. The minimum Gasteiger partial charge on any atom is -0.455 e. The fraction of sp³-hybridized carbons (Fsp3) is 0.0286. The lowest BCUT2D eigenvalue weighted by molar-refractivity contribution is 0.405. The second-order valence-corrected chi connectivity index (χ2v) is 9.91. The van der Waals surface area contributed by atoms with Gasteiger partial charge in [0, 0.05) is 39.7 Å². The smallest absolute Gasteiger partial charge is 0.151 e. The van der Waals surface area contributed by atoms with Crippen LogP contribution < -0.4 is 0 Å². The number of halogens is 1. The SMILES string of the molecule is FC(c1cccc(-c2ccccn2)c1)c1cc2c(c3ccccc3n2-c2ccccn2)c2oc3ccccc3c12. The molecule has 1 unspecified atom stereocenters. The molecule has 5 heteroatoms. The van der Waals surface area contributed by atoms with E-state index in [1.165, 1.54) is 0 Å². The maximum atomic E-state index is 16.9. The number of alkyl halides is 1. The number of para-hydroxylation sites is 2. The van der Waals surface area contributed by atoms with Crippen LogP contribution in [-0.4, -0.2) is 14.5 Å². The van der Waals surface area contributed by atoms with Gasteiger partial charge in [0.1, 0.15) is 17.0 Å². The molecule has 4 aromatic heterocycles. The average molecular weight is 520 g/mol. The van der Waals surface area contributed by atoms with Crippen molar-refractivity contribution in [3.63, 3.8) is 0 Å². The van der Waals surface area contributed by atoms with Crippen LogP contribution in [0.15, 0.2) is 132 Å². The predicted molar refractivity (Wildman–Crippen MR) is 158 cm³/mol. The van der Waals surface area contributed by atoms with Crippen LogP contribution >= 0.6 is 0 Å². The third-order valence-corrected chi connectivity index (χ3v) is 7.61. The van der Waals surface area contributed by atoms with Crippen molar-refractivity contribution < 1.29 is 8.81 Å². The molecule has 0 aliphatic rings. The van der Waals surface area contributed by atoms with Gasteiger partial charge in [-0.25, -0.2) is 9.37 Å². The van der Waals surface area contributed by atoms with Crippen LogP contribution in [0.4, 0.5) is 4.39 Å². The summed E-state index contributed by atoms with van der Waals surface area (Å²) in [6.07, 6.45) is 2.13. The minimum atomic E-state index is -1.40. The Labute approximate surface area is 229 Å². The van der Waals surface area contributed by atoms with Gasteiger partial charge in [-0.15, -0.1) is 0 Å². The van der Waals surface area contributed by atoms with Gasteiger partial charge in [-0.1, -0.05) is 66.7 Å². The highest BCUT2D eigenvalue weighted by atomic mass is 19.1. The van der Waals surface area contributed by atoms with E-state index >= 15 is 4.39 Å². The molecule has 4 aromatic carbocycles. The largest absolute Gasteiger partial charge is 0.455 e. The molecule has 0 saturated heterocycles. The summed E-state index contributed by atoms with van der Waals surface area (Å²) >= 11 is 0. The predicted octanol–water partition coefficient (Wildman–Crippen LogP) is 9.20. The first kappa shape index (κ1) is 22.7. The monoisotopic (exact) mass is 519 g/mol. The van der Waals surface area contributed by atoms with Gasteiger partial charge in [0.15, 0.2) is 6.17 Å². The van der Waals surface area contributed by atoms with E-state index in [4.69, 9.17) is 4.42 Å². The maximum Gasteiger partial charge on any atom is 0.151 e. The Balaban J connectivity index is 1.47. The molecule has 190 valence electrons. The van der Waals surface area contributed by atoms with Gasteiger partial charge >= 0.3 is 0 Å². The number of benzene rings is 4. The first-order valence-corrected chi connectivity index (χ1v) is 13.2. The third kappa shape index (κ3) is 3.38. The highest BCUT2D eigenvalue weighted by molar-refractivity contribution is 6.24. The summed E-state index contributed by atoms with van der Waals surface area (Å²) in [6, 6.07) is 37.2. The summed E-state index contributed by atoms with van der Waals surface area (Å²) in [5, 5.41) is 3.67. The van der Waals surface area contributed by atoms with Gasteiger partial charge in [-0.3, -0.25) is 9.55 Å². The Kier molecular flexibility index (Phi) is 5.04. The molecule has 0 spiro atoms. The molecule has 0 saturated carbocycles. The van der Waals surface area contributed by atoms with E-state index in [-0.39, 0.29) is 0 Å². The number of pyridine rings is 2. The molecule has 40 heavy (non-hydrogen) atoms. The van der Waals surface area contributed by atoms with Crippen LogP contribution in [0, 0.1) is 0 Å². The second kappa shape index (κ2) is 8.89. The van der Waals surface area contributed by atoms with Crippen molar-refractivity contribution in [3.05, 3.63) is 139 Å². The van der Waals surface area contributed by atoms with Crippen molar-refractivity contribution in [2.75, 3.05) is 0 Å². The van der Waals surface area contributed by atoms with Gasteiger partial charge in [0.25, 0.3) is 0 Å². The first-order chi connectivity index (χ1) is 19.8. The second-order valence-electron chi connectivity index (χ2n) is 9.91. The summed E-state index contributed by atoms with van der Waals surface area (Å²) in [4.78, 5) is 9.12. The normalized spacial score (nSPS) is 12.5. The maximum absolute atomic E-state index is 16.9. The third-order valence-electron chi connectivity index (χ3n) is 7.61. The highest BCUT2D eigenvalue weighted by Gasteiger charge is 2.26. The Bertz CT molecular complexity index is 2180. The van der Waals surface area contributed by atoms with Crippen molar-refractivity contribution in [1.82, 2.24) is 14.5 Å². The van der Waals surface area contributed by atoms with Crippen molar-refractivity contribution in [2.24, 2.45) is 0 Å². The number of nitrogens with zero attached hydrogens (tertiary/aromatic N) is 3. The Morgan fingerprint density at radius 1 is 0.650 bits per heavy atom. The van der Waals surface area contributed by atoms with Gasteiger partial charge in [0.2, 0.25) is 0 Å². The summed E-state index contributed by atoms with van der Waals surface area (Å²) in [6.45, 7) is 0. The van der Waals surface area contributed by atoms with Gasteiger partial charge in [-0.05, 0) is 54.1 Å². The summed E-state index contributed by atoms with van der Waals surface area (Å²) in [5.41, 5.74) is 6.06. The molecule has 0 aliphatic carbocycles. The Hall–Kier alpha value is -5.29. The molecule has 1 atom stereocenters. The van der Waals surface area contributed by atoms with Crippen LogP contribution in [0.3, 0.4) is 0 Å². The zero-order valence-corrected chi connectivity index (χ0v) is 21.3. The fourth-order valence-corrected chi connectivity index (χ4v) is 5.86. The molecule has 0 N–H and O–H groups in total. The number of furan rings is 1. The molecular formula is C35H22FN3O. The quantitative estimate of drug-likeness (QED) is 0.233. The van der Waals surface area contributed by atoms with Crippen molar-refractivity contribution in [3.8, 4) is 17.1 Å². The first-order valence-electron chi connectivity index (χ1n) is 13.2. The van der Waals surface area contributed by atoms with Crippen molar-refractivity contribution >= 4 is 43.7 Å². The van der Waals surface area contributed by atoms with E-state index < -0.39 is 6.17 Å². The number of rotatable bonds is 4. The lowest BCUT2D eigenvalue weighted by Gasteiger charge is -2.14. The van der Waals surface area contributed by atoms with E-state index in [1.54, 1.807) is 12.4 Å². The van der Waals surface area contributed by atoms with Crippen LogP contribution in [-0.2, 0) is 0 Å². The Morgan fingerprint density at radius 3 is 2.25 bits per heavy atom. The lowest BCUT2D eigenvalue weighted by Crippen LogP contribution is -2.00. The molecule has 8 rings (SSSR count). The lowest BCUT2D eigenvalue weighted by atomic mass is 9.94. The molecule has 0 amide bonds. The number of fused-ring (bicyclic) bond motifs is 7. The molecule has 0 radical (unpaired) electrons. The molecule has 0 aliphatic heterocycles. The van der Waals surface area contributed by atoms with Crippen molar-refractivity contribution in [1.29, 1.82) is 0 Å². The average Bonchev–Trinajstić information content (AvgIpc) is 3.57. The standard InChI is InChI=1S/C35H22FN3O/c36-34(23-11-9-10-22(20-23)27-14-5-7-18-37-27)26-21-29-33(35-32(26)25-13-2-4-16-30(25)40-35)24-12-1-3-15-28(24)39(29)31-17-6-8-19-38-31/h1-21,34H. The highest BCUT2D eigenvalue weighted by Crippen LogP contribution is 2.45. The molecule has 0 fully saturated rings. The van der Waals surface area contributed by atoms with Crippen LogP contribution in [0.2, 0.25) is 0 Å². The van der Waals surface area contributed by atoms with E-state index in [1.807, 2.05) is 103 Å². The number of aromatic nitrogens is 3. The van der Waals surface area contributed by atoms with Gasteiger partial charge in [0.05, 0.1) is 22.1 Å². The zero-order valence-electron chi connectivity index (χ0n) is 21.3. The molecule has 0 bridgehead atoms. The molecule has 4 nitrogen and oxygen atoms in total. The van der Waals surface area contributed by atoms with E-state index in [0.717, 1.165) is 55.2 Å². The summed E-state index contributed by atoms with van der Waals surface area (Å²) < 4.78 is 25.6. The van der Waals surface area contributed by atoms with Crippen LogP contribution in [0.1, 0.15) is 17.3 Å². The van der Waals surface area contributed by atoms with Crippen LogP contribution in [0.25, 0.3) is 60.8 Å². The number of hydrogen-bond donors (Lipinski definition) is 0. The van der Waals surface area contributed by atoms with Gasteiger partial charge in [-0.2, -0.15) is 0 Å². The Morgan fingerprint density at radius 2 is 1.43 bits per heavy atom. The minimum absolute atomic E-state index is 0.561. The van der Waals surface area contributed by atoms with E-state index in [2.05, 4.69) is 26.7 Å². The summed E-state index contributed by atoms with van der Waals surface area (Å²) in [5.74, 6) is 0.766. The molecule has 4 heterocycles. The fourth-order valence-electron chi connectivity index (χ4n) is 5.86. The van der Waals surface area contributed by atoms with E-state index in [0.29, 0.717) is 16.7 Å². The van der Waals surface area contributed by atoms with E-state index in [9.17, 15) is 0 Å². The van der Waals surface area contributed by atoms with Crippen molar-refractivity contribution in [2.45, 2.75) is 6.17 Å². The van der Waals surface area contributed by atoms with Crippen LogP contribution in [0.5, 0.6) is 0 Å². The topological polar surface area (TPSA) is 43.9 Å².